The third-order valence-electron chi connectivity index (χ3n) is 3.89. The molecule has 2 nitrogen and oxygen atoms in total. The first-order valence-electron chi connectivity index (χ1n) is 7.34. The van der Waals surface area contributed by atoms with Crippen molar-refractivity contribution < 1.29 is 21.6 Å². The summed E-state index contributed by atoms with van der Waals surface area (Å²) in [4.78, 5) is 0.815. The summed E-state index contributed by atoms with van der Waals surface area (Å²) in [6.07, 6.45) is 3.64. The molecule has 2 rings (SSSR count). The van der Waals surface area contributed by atoms with Gasteiger partial charge in [0.05, 0.1) is 5.25 Å². The molecule has 0 spiro atoms. The topological polar surface area (TPSA) is 34.1 Å². The van der Waals surface area contributed by atoms with Gasteiger partial charge in [-0.25, -0.2) is 8.42 Å². The van der Waals surface area contributed by atoms with E-state index in [1.165, 1.54) is 11.8 Å². The molecule has 1 saturated carbocycles. The summed E-state index contributed by atoms with van der Waals surface area (Å²) in [6.45, 7) is 0. The summed E-state index contributed by atoms with van der Waals surface area (Å²) in [6, 6.07) is 9.05. The molecular formula is C15H19F3O2S2. The normalized spacial score (nSPS) is 24.5. The van der Waals surface area contributed by atoms with Gasteiger partial charge in [0.15, 0.2) is 0 Å². The van der Waals surface area contributed by atoms with Crippen LogP contribution in [-0.2, 0) is 9.84 Å². The maximum absolute atomic E-state index is 13.0. The molecule has 0 radical (unpaired) electrons. The summed E-state index contributed by atoms with van der Waals surface area (Å²) in [7, 11) is -5.13. The minimum Gasteiger partial charge on any atom is -0.219 e. The van der Waals surface area contributed by atoms with Crippen LogP contribution in [0, 0.1) is 0 Å². The highest BCUT2D eigenvalue weighted by atomic mass is 32.2. The summed E-state index contributed by atoms with van der Waals surface area (Å²) < 4.78 is 62.8. The Morgan fingerprint density at radius 1 is 0.955 bits per heavy atom. The maximum atomic E-state index is 13.0. The number of sulfone groups is 1. The molecule has 0 unspecified atom stereocenters. The van der Waals surface area contributed by atoms with Crippen LogP contribution in [0.2, 0.25) is 0 Å². The summed E-state index contributed by atoms with van der Waals surface area (Å²) >= 11 is 1.26. The zero-order valence-corrected chi connectivity index (χ0v) is 13.7. The maximum Gasteiger partial charge on any atom is 0.497 e. The third kappa shape index (κ3) is 4.19. The van der Waals surface area contributed by atoms with Gasteiger partial charge in [0.2, 0.25) is 0 Å². The van der Waals surface area contributed by atoms with Crippen LogP contribution in [0.4, 0.5) is 13.2 Å². The van der Waals surface area contributed by atoms with Crippen molar-refractivity contribution in [1.29, 1.82) is 0 Å². The van der Waals surface area contributed by atoms with E-state index in [2.05, 4.69) is 0 Å². The molecule has 0 saturated heterocycles. The standard InChI is InChI=1S/C15H19F3O2S2/c16-15(17,18)22(19,20)14-11-7-2-1-6-10-13(14)21-12-8-4-3-5-9-12/h3-5,8-9,13-14H,1-2,6-7,10-11H2/t13-,14-/m1/s1. The van der Waals surface area contributed by atoms with Crippen LogP contribution in [0.5, 0.6) is 0 Å². The largest absolute Gasteiger partial charge is 0.497 e. The van der Waals surface area contributed by atoms with E-state index in [-0.39, 0.29) is 6.42 Å². The molecule has 0 N–H and O–H groups in total. The Labute approximate surface area is 133 Å². The fourth-order valence-corrected chi connectivity index (χ4v) is 5.95. The monoisotopic (exact) mass is 352 g/mol. The first-order chi connectivity index (χ1) is 10.3. The van der Waals surface area contributed by atoms with E-state index >= 15 is 0 Å². The third-order valence-corrected chi connectivity index (χ3v) is 7.48. The molecule has 0 bridgehead atoms. The molecule has 7 heteroatoms. The minimum atomic E-state index is -5.17. The van der Waals surface area contributed by atoms with Gasteiger partial charge in [-0.05, 0) is 25.0 Å². The van der Waals surface area contributed by atoms with Crippen LogP contribution in [0.25, 0.3) is 0 Å². The highest BCUT2D eigenvalue weighted by Gasteiger charge is 2.52. The second-order valence-corrected chi connectivity index (χ2v) is 8.96. The van der Waals surface area contributed by atoms with Crippen LogP contribution in [0.15, 0.2) is 35.2 Å². The lowest BCUT2D eigenvalue weighted by molar-refractivity contribution is -0.0446. The number of halogens is 3. The van der Waals surface area contributed by atoms with E-state index in [4.69, 9.17) is 0 Å². The SMILES string of the molecule is O=S(=O)([C@@H]1CCCCCC[C@H]1Sc1ccccc1)C(F)(F)F. The van der Waals surface area contributed by atoms with Crippen LogP contribution in [0.1, 0.15) is 38.5 Å². The molecule has 0 heterocycles. The van der Waals surface area contributed by atoms with Crippen molar-refractivity contribution in [2.45, 2.75) is 59.4 Å². The Balaban J connectivity index is 2.28. The zero-order chi connectivity index (χ0) is 16.2. The predicted molar refractivity (Wildman–Crippen MR) is 82.6 cm³/mol. The van der Waals surface area contributed by atoms with Gasteiger partial charge in [0.25, 0.3) is 9.84 Å². The van der Waals surface area contributed by atoms with Crippen LogP contribution in [-0.4, -0.2) is 24.4 Å². The van der Waals surface area contributed by atoms with Crippen molar-refractivity contribution in [1.82, 2.24) is 0 Å². The van der Waals surface area contributed by atoms with E-state index in [0.717, 1.165) is 24.2 Å². The first-order valence-corrected chi connectivity index (χ1v) is 9.77. The van der Waals surface area contributed by atoms with Gasteiger partial charge in [-0.15, -0.1) is 11.8 Å². The lowest BCUT2D eigenvalue weighted by Gasteiger charge is -2.29. The molecule has 1 aromatic carbocycles. The fourth-order valence-electron chi connectivity index (χ4n) is 2.75. The summed E-state index contributed by atoms with van der Waals surface area (Å²) in [5.74, 6) is 0. The molecule has 1 aliphatic rings. The minimum absolute atomic E-state index is 0.0896. The highest BCUT2D eigenvalue weighted by Crippen LogP contribution is 2.40. The van der Waals surface area contributed by atoms with Gasteiger partial charge in [-0.1, -0.05) is 43.9 Å². The van der Waals surface area contributed by atoms with Crippen molar-refractivity contribution in [2.24, 2.45) is 0 Å². The van der Waals surface area contributed by atoms with E-state index in [1.54, 1.807) is 24.3 Å². The number of rotatable bonds is 3. The molecule has 0 aromatic heterocycles. The number of alkyl halides is 3. The summed E-state index contributed by atoms with van der Waals surface area (Å²) in [5.41, 5.74) is -5.17. The Hall–Kier alpha value is -0.690. The lowest BCUT2D eigenvalue weighted by atomic mass is 10.00. The molecule has 1 aliphatic carbocycles. The van der Waals surface area contributed by atoms with E-state index < -0.39 is 25.8 Å². The van der Waals surface area contributed by atoms with Crippen LogP contribution in [0.3, 0.4) is 0 Å². The highest BCUT2D eigenvalue weighted by molar-refractivity contribution is 8.01. The van der Waals surface area contributed by atoms with Crippen molar-refractivity contribution in [3.63, 3.8) is 0 Å². The zero-order valence-electron chi connectivity index (χ0n) is 12.1. The van der Waals surface area contributed by atoms with E-state index in [1.807, 2.05) is 6.07 Å². The van der Waals surface area contributed by atoms with Gasteiger partial charge in [0, 0.05) is 10.1 Å². The smallest absolute Gasteiger partial charge is 0.219 e. The van der Waals surface area contributed by atoms with Gasteiger partial charge in [0.1, 0.15) is 0 Å². The Kier molecular flexibility index (Phi) is 5.82. The number of thioether (sulfide) groups is 1. The molecule has 22 heavy (non-hydrogen) atoms. The van der Waals surface area contributed by atoms with Gasteiger partial charge >= 0.3 is 5.51 Å². The van der Waals surface area contributed by atoms with Crippen molar-refractivity contribution >= 4 is 21.6 Å². The average molecular weight is 352 g/mol. The number of benzene rings is 1. The Bertz CT molecular complexity index is 570. The van der Waals surface area contributed by atoms with Crippen molar-refractivity contribution in [2.75, 3.05) is 0 Å². The predicted octanol–water partition coefficient (Wildman–Crippen LogP) is 4.80. The van der Waals surface area contributed by atoms with E-state index in [0.29, 0.717) is 12.8 Å². The molecule has 1 fully saturated rings. The Morgan fingerprint density at radius 3 is 2.14 bits per heavy atom. The second kappa shape index (κ2) is 7.25. The van der Waals surface area contributed by atoms with Gasteiger partial charge in [-0.2, -0.15) is 13.2 Å². The Morgan fingerprint density at radius 2 is 1.55 bits per heavy atom. The van der Waals surface area contributed by atoms with Gasteiger partial charge in [-0.3, -0.25) is 0 Å². The van der Waals surface area contributed by atoms with Crippen LogP contribution >= 0.6 is 11.8 Å². The molecule has 0 amide bonds. The fraction of sp³-hybridized carbons (Fsp3) is 0.600. The van der Waals surface area contributed by atoms with Crippen molar-refractivity contribution in [3.8, 4) is 0 Å². The molecule has 2 atom stereocenters. The molecular weight excluding hydrogens is 333 g/mol. The molecule has 0 aliphatic heterocycles. The van der Waals surface area contributed by atoms with Crippen molar-refractivity contribution in [3.05, 3.63) is 30.3 Å². The summed E-state index contributed by atoms with van der Waals surface area (Å²) in [5, 5.41) is -1.90. The quantitative estimate of drug-likeness (QED) is 0.783. The average Bonchev–Trinajstić information content (AvgIpc) is 2.41. The number of hydrogen-bond donors (Lipinski definition) is 0. The second-order valence-electron chi connectivity index (χ2n) is 5.49. The molecule has 1 aromatic rings. The molecule has 124 valence electrons. The van der Waals surface area contributed by atoms with Gasteiger partial charge < -0.3 is 0 Å². The van der Waals surface area contributed by atoms with Crippen LogP contribution < -0.4 is 0 Å². The van der Waals surface area contributed by atoms with E-state index in [9.17, 15) is 21.6 Å². The number of hydrogen-bond acceptors (Lipinski definition) is 3. The first kappa shape index (κ1) is 17.7. The lowest BCUT2D eigenvalue weighted by Crippen LogP contribution is -2.41.